The minimum absolute atomic E-state index is 0.00820. The number of carbonyl (C=O) groups is 2. The molecule has 0 spiro atoms. The minimum atomic E-state index is -0.649. The fourth-order valence-corrected chi connectivity index (χ4v) is 2.27. The number of para-hydroxylation sites is 1. The Morgan fingerprint density at radius 3 is 2.74 bits per heavy atom. The number of amides is 1. The highest BCUT2D eigenvalue weighted by molar-refractivity contribution is 6.08. The van der Waals surface area contributed by atoms with Gasteiger partial charge in [-0.15, -0.1) is 0 Å². The molecule has 2 rings (SSSR count). The van der Waals surface area contributed by atoms with Gasteiger partial charge in [0.2, 0.25) is 0 Å². The fraction of sp³-hybridized carbons (Fsp3) is 0.333. The van der Waals surface area contributed by atoms with E-state index in [1.54, 1.807) is 18.2 Å². The van der Waals surface area contributed by atoms with Crippen molar-refractivity contribution in [2.75, 3.05) is 39.2 Å². The van der Waals surface area contributed by atoms with Crippen LogP contribution >= 0.6 is 0 Å². The smallest absolute Gasteiger partial charge is 0.337 e. The lowest BCUT2D eigenvalue weighted by Crippen LogP contribution is -2.31. The summed E-state index contributed by atoms with van der Waals surface area (Å²) in [5.74, 6) is -1.06. The number of aliphatic hydroxyl groups excluding tert-OH is 1. The summed E-state index contributed by atoms with van der Waals surface area (Å²) < 4.78 is 9.69. The third-order valence-electron chi connectivity index (χ3n) is 3.43. The summed E-state index contributed by atoms with van der Waals surface area (Å²) >= 11 is 0. The van der Waals surface area contributed by atoms with Gasteiger partial charge in [-0.25, -0.2) is 4.79 Å². The number of phenolic OH excluding ortho intramolecular Hbond substituents is 1. The first-order valence-corrected chi connectivity index (χ1v) is 6.88. The SMILES string of the molecule is COC(=O)C1=C(Nc2cccc(OC)c2O)C(=O)N(CCO)C1. The van der Waals surface area contributed by atoms with Crippen molar-refractivity contribution in [1.29, 1.82) is 0 Å². The maximum atomic E-state index is 12.4. The quantitative estimate of drug-likeness (QED) is 0.502. The summed E-state index contributed by atoms with van der Waals surface area (Å²) in [7, 11) is 2.62. The van der Waals surface area contributed by atoms with E-state index in [0.29, 0.717) is 0 Å². The Labute approximate surface area is 132 Å². The number of hydrogen-bond acceptors (Lipinski definition) is 7. The molecule has 0 saturated carbocycles. The predicted octanol–water partition coefficient (Wildman–Crippen LogP) is 0.0743. The lowest BCUT2D eigenvalue weighted by molar-refractivity contribution is -0.136. The molecule has 1 heterocycles. The number of aromatic hydroxyl groups is 1. The van der Waals surface area contributed by atoms with E-state index in [-0.39, 0.29) is 48.2 Å². The van der Waals surface area contributed by atoms with E-state index in [1.165, 1.54) is 19.1 Å². The topological polar surface area (TPSA) is 108 Å². The van der Waals surface area contributed by atoms with Crippen LogP contribution in [0.4, 0.5) is 5.69 Å². The number of methoxy groups -OCH3 is 2. The minimum Gasteiger partial charge on any atom is -0.503 e. The summed E-state index contributed by atoms with van der Waals surface area (Å²) in [6.45, 7) is -0.106. The van der Waals surface area contributed by atoms with E-state index >= 15 is 0 Å². The van der Waals surface area contributed by atoms with Crippen molar-refractivity contribution in [1.82, 2.24) is 4.90 Å². The largest absolute Gasteiger partial charge is 0.503 e. The van der Waals surface area contributed by atoms with Crippen LogP contribution in [0.25, 0.3) is 0 Å². The monoisotopic (exact) mass is 322 g/mol. The van der Waals surface area contributed by atoms with Gasteiger partial charge in [0.15, 0.2) is 11.5 Å². The number of nitrogens with one attached hydrogen (secondary N) is 1. The third kappa shape index (κ3) is 3.21. The molecule has 0 saturated heterocycles. The normalized spacial score (nSPS) is 14.2. The number of aliphatic hydroxyl groups is 1. The van der Waals surface area contributed by atoms with Gasteiger partial charge in [0.25, 0.3) is 5.91 Å². The number of esters is 1. The van der Waals surface area contributed by atoms with Crippen LogP contribution in [0.2, 0.25) is 0 Å². The molecule has 0 unspecified atom stereocenters. The summed E-state index contributed by atoms with van der Waals surface area (Å²) in [4.78, 5) is 25.6. The molecule has 0 bridgehead atoms. The maximum Gasteiger partial charge on any atom is 0.337 e. The molecule has 124 valence electrons. The average Bonchev–Trinajstić information content (AvgIpc) is 2.86. The molecule has 1 aromatic rings. The molecule has 3 N–H and O–H groups in total. The number of β-amino-alcohol motifs (C(OH)–C–C–N with tert-alkyl or cyclic N) is 1. The van der Waals surface area contributed by atoms with Gasteiger partial charge in [-0.2, -0.15) is 0 Å². The molecule has 1 aromatic carbocycles. The fourth-order valence-electron chi connectivity index (χ4n) is 2.27. The number of hydrogen-bond donors (Lipinski definition) is 3. The summed E-state index contributed by atoms with van der Waals surface area (Å²) in [6.07, 6.45) is 0. The first kappa shape index (κ1) is 16.6. The van der Waals surface area contributed by atoms with E-state index in [2.05, 4.69) is 10.1 Å². The molecule has 1 amide bonds. The van der Waals surface area contributed by atoms with Gasteiger partial charge >= 0.3 is 5.97 Å². The highest BCUT2D eigenvalue weighted by atomic mass is 16.5. The van der Waals surface area contributed by atoms with Crippen LogP contribution in [0, 0.1) is 0 Å². The van der Waals surface area contributed by atoms with Crippen molar-refractivity contribution in [3.05, 3.63) is 29.5 Å². The summed E-state index contributed by atoms with van der Waals surface area (Å²) in [5, 5.41) is 21.9. The van der Waals surface area contributed by atoms with Crippen LogP contribution in [-0.4, -0.2) is 60.9 Å². The Morgan fingerprint density at radius 2 is 2.13 bits per heavy atom. The molecule has 0 fully saturated rings. The zero-order valence-electron chi connectivity index (χ0n) is 12.8. The van der Waals surface area contributed by atoms with Gasteiger partial charge in [0, 0.05) is 6.54 Å². The van der Waals surface area contributed by atoms with Crippen molar-refractivity contribution in [3.8, 4) is 11.5 Å². The molecule has 8 heteroatoms. The van der Waals surface area contributed by atoms with Gasteiger partial charge in [-0.1, -0.05) is 6.07 Å². The molecule has 0 atom stereocenters. The molecule has 23 heavy (non-hydrogen) atoms. The lowest BCUT2D eigenvalue weighted by atomic mass is 10.2. The first-order chi connectivity index (χ1) is 11.0. The second-order valence-corrected chi connectivity index (χ2v) is 4.78. The molecule has 0 aromatic heterocycles. The van der Waals surface area contributed by atoms with Crippen LogP contribution in [-0.2, 0) is 14.3 Å². The van der Waals surface area contributed by atoms with Crippen molar-refractivity contribution >= 4 is 17.6 Å². The summed E-state index contributed by atoms with van der Waals surface area (Å²) in [5.41, 5.74) is 0.363. The number of nitrogens with zero attached hydrogens (tertiary/aromatic N) is 1. The van der Waals surface area contributed by atoms with Crippen molar-refractivity contribution in [2.45, 2.75) is 0 Å². The summed E-state index contributed by atoms with van der Waals surface area (Å²) in [6, 6.07) is 4.73. The van der Waals surface area contributed by atoms with Gasteiger partial charge < -0.3 is 29.9 Å². The van der Waals surface area contributed by atoms with Gasteiger partial charge in [0.05, 0.1) is 38.6 Å². The third-order valence-corrected chi connectivity index (χ3v) is 3.43. The highest BCUT2D eigenvalue weighted by Crippen LogP contribution is 2.35. The van der Waals surface area contributed by atoms with Crippen LogP contribution in [0.5, 0.6) is 11.5 Å². The van der Waals surface area contributed by atoms with Gasteiger partial charge in [0.1, 0.15) is 5.70 Å². The van der Waals surface area contributed by atoms with E-state index in [0.717, 1.165) is 0 Å². The van der Waals surface area contributed by atoms with E-state index in [1.807, 2.05) is 0 Å². The van der Waals surface area contributed by atoms with Crippen LogP contribution in [0.15, 0.2) is 29.5 Å². The molecular formula is C15H18N2O6. The second-order valence-electron chi connectivity index (χ2n) is 4.78. The Bertz CT molecular complexity index is 655. The number of phenols is 1. The number of rotatable bonds is 6. The molecule has 1 aliphatic rings. The number of anilines is 1. The first-order valence-electron chi connectivity index (χ1n) is 6.88. The highest BCUT2D eigenvalue weighted by Gasteiger charge is 2.34. The van der Waals surface area contributed by atoms with Crippen LogP contribution < -0.4 is 10.1 Å². The molecule has 1 aliphatic heterocycles. The number of carbonyl (C=O) groups excluding carboxylic acids is 2. The molecular weight excluding hydrogens is 304 g/mol. The number of ether oxygens (including phenoxy) is 2. The standard InChI is InChI=1S/C15H18N2O6/c1-22-11-5-3-4-10(13(11)19)16-12-9(15(21)23-2)8-17(6-7-18)14(12)20/h3-5,16,18-19H,6-8H2,1-2H3. The van der Waals surface area contributed by atoms with Crippen molar-refractivity contribution in [2.24, 2.45) is 0 Å². The maximum absolute atomic E-state index is 12.4. The Hall–Kier alpha value is -2.74. The van der Waals surface area contributed by atoms with Crippen molar-refractivity contribution in [3.63, 3.8) is 0 Å². The number of benzene rings is 1. The molecule has 0 radical (unpaired) electrons. The van der Waals surface area contributed by atoms with Crippen molar-refractivity contribution < 1.29 is 29.3 Å². The van der Waals surface area contributed by atoms with E-state index in [9.17, 15) is 14.7 Å². The predicted molar refractivity (Wildman–Crippen MR) is 81.0 cm³/mol. The lowest BCUT2D eigenvalue weighted by Gasteiger charge is -2.15. The Kier molecular flexibility index (Phi) is 5.07. The van der Waals surface area contributed by atoms with Gasteiger partial charge in [-0.3, -0.25) is 4.79 Å². The Balaban J connectivity index is 2.37. The Morgan fingerprint density at radius 1 is 1.39 bits per heavy atom. The second kappa shape index (κ2) is 7.01. The van der Waals surface area contributed by atoms with E-state index in [4.69, 9.17) is 9.84 Å². The molecule has 0 aliphatic carbocycles. The zero-order valence-corrected chi connectivity index (χ0v) is 12.8. The zero-order chi connectivity index (χ0) is 17.0. The molecule has 8 nitrogen and oxygen atoms in total. The van der Waals surface area contributed by atoms with Gasteiger partial charge in [-0.05, 0) is 12.1 Å². The van der Waals surface area contributed by atoms with Crippen LogP contribution in [0.1, 0.15) is 0 Å². The average molecular weight is 322 g/mol. The van der Waals surface area contributed by atoms with Crippen LogP contribution in [0.3, 0.4) is 0 Å². The van der Waals surface area contributed by atoms with E-state index < -0.39 is 11.9 Å².